The summed E-state index contributed by atoms with van der Waals surface area (Å²) in [6.45, 7) is 1.83. The summed E-state index contributed by atoms with van der Waals surface area (Å²) >= 11 is 5.63. The van der Waals surface area contributed by atoms with Crippen molar-refractivity contribution in [2.75, 3.05) is 5.32 Å². The molecule has 0 aliphatic rings. The van der Waals surface area contributed by atoms with Crippen LogP contribution in [0.4, 0.5) is 5.69 Å². The largest absolute Gasteiger partial charge is 0.361 e. The van der Waals surface area contributed by atoms with Crippen LogP contribution in [-0.2, 0) is 0 Å². The van der Waals surface area contributed by atoms with Crippen molar-refractivity contribution < 1.29 is 0 Å². The van der Waals surface area contributed by atoms with Crippen LogP contribution >= 0.6 is 11.6 Å². The molecule has 0 radical (unpaired) electrons. The first-order chi connectivity index (χ1) is 5.29. The molecule has 2 heteroatoms. The molecule has 11 heavy (non-hydrogen) atoms. The predicted octanol–water partition coefficient (Wildman–Crippen LogP) is 3.20. The van der Waals surface area contributed by atoms with Gasteiger partial charge in [0.15, 0.2) is 0 Å². The van der Waals surface area contributed by atoms with Crippen LogP contribution in [0.2, 0.25) is 0 Å². The second kappa shape index (κ2) is 4.04. The molecule has 1 nitrogen and oxygen atoms in total. The van der Waals surface area contributed by atoms with Crippen LogP contribution in [-0.4, -0.2) is 0 Å². The summed E-state index contributed by atoms with van der Waals surface area (Å²) in [4.78, 5) is 0. The fraction of sp³-hybridized carbons (Fsp3) is 0.111. The van der Waals surface area contributed by atoms with Gasteiger partial charge in [-0.15, -0.1) is 0 Å². The summed E-state index contributed by atoms with van der Waals surface area (Å²) in [7, 11) is 0. The van der Waals surface area contributed by atoms with Gasteiger partial charge in [0.2, 0.25) is 0 Å². The number of hydrogen-bond donors (Lipinski definition) is 1. The standard InChI is InChI=1S/C9H10ClN/c1-8(10)7-11-9-5-3-2-4-6-9/h2-7,11H,1H3. The molecular weight excluding hydrogens is 158 g/mol. The molecule has 0 saturated carbocycles. The summed E-state index contributed by atoms with van der Waals surface area (Å²) in [5.74, 6) is 0. The van der Waals surface area contributed by atoms with Crippen molar-refractivity contribution in [3.8, 4) is 0 Å². The molecule has 0 atom stereocenters. The molecule has 1 aromatic rings. The normalized spacial score (nSPS) is 11.3. The van der Waals surface area contributed by atoms with Crippen molar-refractivity contribution >= 4 is 17.3 Å². The van der Waals surface area contributed by atoms with Gasteiger partial charge in [0.1, 0.15) is 0 Å². The molecule has 0 unspecified atom stereocenters. The van der Waals surface area contributed by atoms with Gasteiger partial charge in [0, 0.05) is 16.9 Å². The number of allylic oxidation sites excluding steroid dienone is 1. The van der Waals surface area contributed by atoms with Crippen LogP contribution in [0.1, 0.15) is 6.92 Å². The Bertz CT molecular complexity index is 237. The maximum Gasteiger partial charge on any atom is 0.0380 e. The molecule has 0 bridgehead atoms. The lowest BCUT2D eigenvalue weighted by Gasteiger charge is -1.98. The summed E-state index contributed by atoms with van der Waals surface area (Å²) in [5.41, 5.74) is 1.05. The first kappa shape index (κ1) is 8.15. The molecule has 1 N–H and O–H groups in total. The highest BCUT2D eigenvalue weighted by Crippen LogP contribution is 2.06. The number of nitrogens with one attached hydrogen (secondary N) is 1. The second-order valence-corrected chi connectivity index (χ2v) is 2.84. The third-order valence-corrected chi connectivity index (χ3v) is 1.32. The van der Waals surface area contributed by atoms with Gasteiger partial charge in [-0.05, 0) is 19.1 Å². The van der Waals surface area contributed by atoms with E-state index in [9.17, 15) is 0 Å². The fourth-order valence-corrected chi connectivity index (χ4v) is 0.772. The molecule has 1 aromatic carbocycles. The van der Waals surface area contributed by atoms with Gasteiger partial charge in [-0.3, -0.25) is 0 Å². The van der Waals surface area contributed by atoms with E-state index in [1.807, 2.05) is 37.3 Å². The predicted molar refractivity (Wildman–Crippen MR) is 49.7 cm³/mol. The zero-order chi connectivity index (χ0) is 8.10. The maximum atomic E-state index is 5.63. The molecule has 58 valence electrons. The average Bonchev–Trinajstić information content (AvgIpc) is 2.03. The van der Waals surface area contributed by atoms with Crippen LogP contribution in [0.25, 0.3) is 0 Å². The quantitative estimate of drug-likeness (QED) is 0.714. The minimum absolute atomic E-state index is 0.744. The smallest absolute Gasteiger partial charge is 0.0380 e. The Kier molecular flexibility index (Phi) is 2.99. The van der Waals surface area contributed by atoms with Crippen molar-refractivity contribution in [2.45, 2.75) is 6.92 Å². The van der Waals surface area contributed by atoms with Crippen LogP contribution in [0.3, 0.4) is 0 Å². The minimum Gasteiger partial charge on any atom is -0.361 e. The number of halogens is 1. The number of hydrogen-bond acceptors (Lipinski definition) is 1. The lowest BCUT2D eigenvalue weighted by atomic mass is 10.3. The lowest BCUT2D eigenvalue weighted by molar-refractivity contribution is 1.53. The van der Waals surface area contributed by atoms with Crippen LogP contribution in [0, 0.1) is 0 Å². The third kappa shape index (κ3) is 3.10. The maximum absolute atomic E-state index is 5.63. The van der Waals surface area contributed by atoms with Crippen LogP contribution in [0.15, 0.2) is 41.6 Å². The number of rotatable bonds is 2. The molecule has 0 spiro atoms. The molecule has 0 aliphatic heterocycles. The first-order valence-electron chi connectivity index (χ1n) is 3.43. The average molecular weight is 168 g/mol. The highest BCUT2D eigenvalue weighted by molar-refractivity contribution is 6.29. The molecule has 0 saturated heterocycles. The first-order valence-corrected chi connectivity index (χ1v) is 3.80. The summed E-state index contributed by atoms with van der Waals surface area (Å²) in [5, 5.41) is 3.79. The van der Waals surface area contributed by atoms with Crippen LogP contribution < -0.4 is 5.32 Å². The summed E-state index contributed by atoms with van der Waals surface area (Å²) < 4.78 is 0. The SMILES string of the molecule is CC(Cl)=CNc1ccccc1. The van der Waals surface area contributed by atoms with Crippen molar-refractivity contribution in [1.29, 1.82) is 0 Å². The van der Waals surface area contributed by atoms with E-state index >= 15 is 0 Å². The van der Waals surface area contributed by atoms with E-state index in [-0.39, 0.29) is 0 Å². The van der Waals surface area contributed by atoms with Crippen molar-refractivity contribution in [1.82, 2.24) is 0 Å². The van der Waals surface area contributed by atoms with E-state index < -0.39 is 0 Å². The topological polar surface area (TPSA) is 12.0 Å². The third-order valence-electron chi connectivity index (χ3n) is 1.21. The number of benzene rings is 1. The Morgan fingerprint density at radius 3 is 2.55 bits per heavy atom. The Balaban J connectivity index is 2.59. The van der Waals surface area contributed by atoms with E-state index in [4.69, 9.17) is 11.6 Å². The van der Waals surface area contributed by atoms with Gasteiger partial charge >= 0.3 is 0 Å². The molecule has 0 aliphatic carbocycles. The van der Waals surface area contributed by atoms with Gasteiger partial charge in [-0.2, -0.15) is 0 Å². The van der Waals surface area contributed by atoms with E-state index in [0.29, 0.717) is 0 Å². The second-order valence-electron chi connectivity index (χ2n) is 2.24. The lowest BCUT2D eigenvalue weighted by Crippen LogP contribution is -1.85. The monoisotopic (exact) mass is 167 g/mol. The molecular formula is C9H10ClN. The van der Waals surface area contributed by atoms with Gasteiger partial charge in [-0.1, -0.05) is 29.8 Å². The van der Waals surface area contributed by atoms with E-state index in [0.717, 1.165) is 10.7 Å². The van der Waals surface area contributed by atoms with Gasteiger partial charge in [0.25, 0.3) is 0 Å². The Morgan fingerprint density at radius 1 is 1.36 bits per heavy atom. The van der Waals surface area contributed by atoms with Gasteiger partial charge in [-0.25, -0.2) is 0 Å². The Morgan fingerprint density at radius 2 is 2.00 bits per heavy atom. The van der Waals surface area contributed by atoms with Gasteiger partial charge < -0.3 is 5.32 Å². The zero-order valence-electron chi connectivity index (χ0n) is 6.34. The molecule has 1 rings (SSSR count). The molecule has 0 amide bonds. The number of para-hydroxylation sites is 1. The van der Waals surface area contributed by atoms with Crippen molar-refractivity contribution in [2.24, 2.45) is 0 Å². The van der Waals surface area contributed by atoms with E-state index in [1.165, 1.54) is 0 Å². The summed E-state index contributed by atoms with van der Waals surface area (Å²) in [6, 6.07) is 9.88. The molecule has 0 fully saturated rings. The van der Waals surface area contributed by atoms with Crippen molar-refractivity contribution in [3.63, 3.8) is 0 Å². The highest BCUT2D eigenvalue weighted by Gasteiger charge is 1.83. The highest BCUT2D eigenvalue weighted by atomic mass is 35.5. The van der Waals surface area contributed by atoms with Crippen molar-refractivity contribution in [3.05, 3.63) is 41.6 Å². The zero-order valence-corrected chi connectivity index (χ0v) is 7.10. The van der Waals surface area contributed by atoms with Crippen LogP contribution in [0.5, 0.6) is 0 Å². The number of anilines is 1. The minimum atomic E-state index is 0.744. The summed E-state index contributed by atoms with van der Waals surface area (Å²) in [6.07, 6.45) is 1.76. The van der Waals surface area contributed by atoms with Gasteiger partial charge in [0.05, 0.1) is 0 Å². The van der Waals surface area contributed by atoms with E-state index in [2.05, 4.69) is 5.32 Å². The molecule has 0 aromatic heterocycles. The molecule has 0 heterocycles. The van der Waals surface area contributed by atoms with E-state index in [1.54, 1.807) is 6.20 Å². The fourth-order valence-electron chi connectivity index (χ4n) is 0.717. The Hall–Kier alpha value is -0.950. The Labute approximate surface area is 71.7 Å².